The molecule has 2 aliphatic rings. The van der Waals surface area contributed by atoms with Gasteiger partial charge in [-0.2, -0.15) is 13.2 Å². The Kier molecular flexibility index (Phi) is 3.54. The smallest absolute Gasteiger partial charge is 0.419 e. The Labute approximate surface area is 111 Å². The Hall–Kier alpha value is -1.19. The summed E-state index contributed by atoms with van der Waals surface area (Å²) in [7, 11) is 0. The molecule has 0 atom stereocenters. The van der Waals surface area contributed by atoms with Crippen molar-refractivity contribution in [3.05, 3.63) is 28.8 Å². The first-order valence-corrected chi connectivity index (χ1v) is 6.78. The lowest BCUT2D eigenvalue weighted by atomic mass is 9.87. The van der Waals surface area contributed by atoms with E-state index >= 15 is 0 Å². The summed E-state index contributed by atoms with van der Waals surface area (Å²) in [4.78, 5) is 0. The number of rotatable bonds is 0. The van der Waals surface area contributed by atoms with E-state index in [2.05, 4.69) is 0 Å². The Morgan fingerprint density at radius 2 is 1.74 bits per heavy atom. The molecule has 1 aliphatic carbocycles. The Balaban J connectivity index is 0.000000637. The number of alkyl halides is 3. The first-order valence-electron chi connectivity index (χ1n) is 6.78. The fraction of sp³-hybridized carbons (Fsp3) is 0.600. The minimum absolute atomic E-state index is 0.0143. The summed E-state index contributed by atoms with van der Waals surface area (Å²) in [6.07, 6.45) is -1.50. The van der Waals surface area contributed by atoms with Gasteiger partial charge in [0.25, 0.3) is 0 Å². The molecule has 4 heteroatoms. The maximum atomic E-state index is 12.9. The molecule has 19 heavy (non-hydrogen) atoms. The Morgan fingerprint density at radius 3 is 2.26 bits per heavy atom. The molecule has 1 spiro atoms. The van der Waals surface area contributed by atoms with E-state index in [4.69, 9.17) is 4.74 Å². The molecule has 1 nitrogen and oxygen atoms in total. The highest BCUT2D eigenvalue weighted by Crippen LogP contribution is 2.58. The van der Waals surface area contributed by atoms with Crippen LogP contribution in [0.2, 0.25) is 0 Å². The van der Waals surface area contributed by atoms with E-state index in [-0.39, 0.29) is 11.2 Å². The van der Waals surface area contributed by atoms with Crippen molar-refractivity contribution in [3.8, 4) is 5.75 Å². The van der Waals surface area contributed by atoms with Crippen LogP contribution in [0.15, 0.2) is 12.1 Å². The molecule has 0 unspecified atom stereocenters. The molecule has 0 bridgehead atoms. The highest BCUT2D eigenvalue weighted by atomic mass is 19.4. The molecule has 1 aromatic rings. The van der Waals surface area contributed by atoms with E-state index in [9.17, 15) is 13.2 Å². The second-order valence-electron chi connectivity index (χ2n) is 5.07. The molecular weight excluding hydrogens is 253 g/mol. The van der Waals surface area contributed by atoms with Gasteiger partial charge in [0.05, 0.1) is 12.2 Å². The van der Waals surface area contributed by atoms with Crippen LogP contribution in [0.5, 0.6) is 5.75 Å². The molecule has 1 heterocycles. The molecule has 0 aromatic heterocycles. The van der Waals surface area contributed by atoms with Crippen LogP contribution in [-0.4, -0.2) is 6.61 Å². The van der Waals surface area contributed by atoms with Crippen molar-refractivity contribution in [3.63, 3.8) is 0 Å². The minimum Gasteiger partial charge on any atom is -0.493 e. The van der Waals surface area contributed by atoms with Crippen LogP contribution in [0, 0.1) is 6.92 Å². The van der Waals surface area contributed by atoms with Crippen molar-refractivity contribution >= 4 is 0 Å². The van der Waals surface area contributed by atoms with Gasteiger partial charge in [-0.3, -0.25) is 0 Å². The molecule has 0 N–H and O–H groups in total. The number of aryl methyl sites for hydroxylation is 1. The van der Waals surface area contributed by atoms with Gasteiger partial charge in [-0.05, 0) is 37.8 Å². The number of ether oxygens (including phenoxy) is 1. The zero-order chi connectivity index (χ0) is 14.3. The largest absolute Gasteiger partial charge is 0.493 e. The summed E-state index contributed by atoms with van der Waals surface area (Å²) in [5, 5.41) is 0. The molecule has 1 saturated carbocycles. The van der Waals surface area contributed by atoms with Crippen molar-refractivity contribution in [2.24, 2.45) is 0 Å². The van der Waals surface area contributed by atoms with Crippen LogP contribution in [-0.2, 0) is 11.6 Å². The third kappa shape index (κ3) is 2.45. The van der Waals surface area contributed by atoms with Crippen LogP contribution in [0.4, 0.5) is 13.2 Å². The van der Waals surface area contributed by atoms with Crippen molar-refractivity contribution in [2.75, 3.05) is 6.61 Å². The monoisotopic (exact) mass is 272 g/mol. The van der Waals surface area contributed by atoms with Crippen LogP contribution in [0.1, 0.15) is 49.8 Å². The lowest BCUT2D eigenvalue weighted by molar-refractivity contribution is -0.139. The predicted octanol–water partition coefficient (Wildman–Crippen LogP) is 4.85. The van der Waals surface area contributed by atoms with Gasteiger partial charge in [0.2, 0.25) is 0 Å². The average molecular weight is 272 g/mol. The summed E-state index contributed by atoms with van der Waals surface area (Å²) in [5.74, 6) is 0.0758. The van der Waals surface area contributed by atoms with Gasteiger partial charge >= 0.3 is 6.18 Å². The number of hydrogen-bond acceptors (Lipinski definition) is 1. The summed E-state index contributed by atoms with van der Waals surface area (Å²) in [5.41, 5.74) is 0.807. The van der Waals surface area contributed by atoms with Crippen LogP contribution in [0.25, 0.3) is 0 Å². The van der Waals surface area contributed by atoms with Crippen molar-refractivity contribution in [1.82, 2.24) is 0 Å². The maximum absolute atomic E-state index is 12.9. The first-order chi connectivity index (χ1) is 8.92. The molecule has 1 fully saturated rings. The van der Waals surface area contributed by atoms with Crippen molar-refractivity contribution in [1.29, 1.82) is 0 Å². The fourth-order valence-corrected chi connectivity index (χ4v) is 2.69. The topological polar surface area (TPSA) is 9.23 Å². The second kappa shape index (κ2) is 4.73. The second-order valence-corrected chi connectivity index (χ2v) is 5.07. The lowest BCUT2D eigenvalue weighted by Gasteiger charge is -2.28. The molecule has 3 rings (SSSR count). The minimum atomic E-state index is -4.33. The maximum Gasteiger partial charge on any atom is 0.419 e. The number of hydrogen-bond donors (Lipinski definition) is 0. The standard InChI is InChI=1S/C13H13F3O.C2H6/c1-8-6-9-11(10(7-8)13(14,15)16)17-5-4-12(9)2-3-12;1-2/h6-7H,2-5H2,1H3;1-2H3. The van der Waals surface area contributed by atoms with Gasteiger partial charge in [-0.25, -0.2) is 0 Å². The van der Waals surface area contributed by atoms with Gasteiger partial charge in [-0.1, -0.05) is 19.9 Å². The van der Waals surface area contributed by atoms with Gasteiger partial charge < -0.3 is 4.74 Å². The summed E-state index contributed by atoms with van der Waals surface area (Å²) < 4.78 is 44.1. The van der Waals surface area contributed by atoms with E-state index in [1.54, 1.807) is 6.92 Å². The molecule has 1 aliphatic heterocycles. The van der Waals surface area contributed by atoms with E-state index in [0.29, 0.717) is 12.2 Å². The zero-order valence-electron chi connectivity index (χ0n) is 11.5. The van der Waals surface area contributed by atoms with Gasteiger partial charge in [0.15, 0.2) is 0 Å². The first kappa shape index (κ1) is 14.2. The quantitative estimate of drug-likeness (QED) is 0.655. The van der Waals surface area contributed by atoms with Crippen molar-refractivity contribution < 1.29 is 17.9 Å². The summed E-state index contributed by atoms with van der Waals surface area (Å²) in [6.45, 7) is 6.11. The van der Waals surface area contributed by atoms with E-state index in [1.807, 2.05) is 19.9 Å². The van der Waals surface area contributed by atoms with E-state index < -0.39 is 11.7 Å². The number of halogens is 3. The molecule has 1 aromatic carbocycles. The zero-order valence-corrected chi connectivity index (χ0v) is 11.5. The predicted molar refractivity (Wildman–Crippen MR) is 68.6 cm³/mol. The Bertz CT molecular complexity index is 456. The van der Waals surface area contributed by atoms with Gasteiger partial charge in [-0.15, -0.1) is 0 Å². The third-order valence-electron chi connectivity index (χ3n) is 3.79. The van der Waals surface area contributed by atoms with Gasteiger partial charge in [0, 0.05) is 11.0 Å². The SMILES string of the molecule is CC.Cc1cc(C(F)(F)F)c2c(c1)C1(CCO2)CC1. The number of fused-ring (bicyclic) bond motifs is 2. The summed E-state index contributed by atoms with van der Waals surface area (Å²) >= 11 is 0. The molecule has 0 amide bonds. The summed E-state index contributed by atoms with van der Waals surface area (Å²) in [6, 6.07) is 3.04. The Morgan fingerprint density at radius 1 is 1.11 bits per heavy atom. The lowest BCUT2D eigenvalue weighted by Crippen LogP contribution is -2.23. The molecule has 106 valence electrons. The van der Waals surface area contributed by atoms with Crippen molar-refractivity contribution in [2.45, 2.75) is 51.6 Å². The van der Waals surface area contributed by atoms with Crippen LogP contribution < -0.4 is 4.74 Å². The average Bonchev–Trinajstić information content (AvgIpc) is 3.12. The third-order valence-corrected chi connectivity index (χ3v) is 3.79. The number of benzene rings is 1. The highest BCUT2D eigenvalue weighted by Gasteiger charge is 2.50. The fourth-order valence-electron chi connectivity index (χ4n) is 2.69. The molecule has 0 radical (unpaired) electrons. The van der Waals surface area contributed by atoms with E-state index in [0.717, 1.165) is 24.8 Å². The van der Waals surface area contributed by atoms with Crippen LogP contribution >= 0.6 is 0 Å². The molecule has 0 saturated heterocycles. The molecular formula is C15H19F3O. The normalized spacial score (nSPS) is 19.1. The van der Waals surface area contributed by atoms with Crippen LogP contribution in [0.3, 0.4) is 0 Å². The van der Waals surface area contributed by atoms with Gasteiger partial charge in [0.1, 0.15) is 5.75 Å². The van der Waals surface area contributed by atoms with E-state index in [1.165, 1.54) is 6.07 Å². The highest BCUT2D eigenvalue weighted by molar-refractivity contribution is 5.53.